The first kappa shape index (κ1) is 35.9. The summed E-state index contributed by atoms with van der Waals surface area (Å²) in [6.45, 7) is 2.67. The second-order valence-corrected chi connectivity index (χ2v) is 14.1. The molecule has 7 nitrogen and oxygen atoms in total. The number of unbranched alkanes of at least 4 members (excludes halogenated alkanes) is 1. The number of benzene rings is 4. The van der Waals surface area contributed by atoms with Crippen LogP contribution in [-0.4, -0.2) is 41.4 Å². The first-order valence-corrected chi connectivity index (χ1v) is 18.2. The number of Topliss-reactive ketones (excluding diaryl/α,β-unsaturated/α-hetero) is 1. The van der Waals surface area contributed by atoms with Gasteiger partial charge in [0.2, 0.25) is 0 Å². The number of aromatic hydroxyl groups is 1. The number of aliphatic hydroxyl groups is 1. The van der Waals surface area contributed by atoms with Gasteiger partial charge in [-0.2, -0.15) is 0 Å². The van der Waals surface area contributed by atoms with E-state index in [1.165, 1.54) is 5.56 Å². The van der Waals surface area contributed by atoms with Gasteiger partial charge in [-0.3, -0.25) is 4.79 Å². The van der Waals surface area contributed by atoms with E-state index < -0.39 is 5.60 Å². The van der Waals surface area contributed by atoms with Crippen molar-refractivity contribution in [1.29, 1.82) is 0 Å². The molecule has 4 aromatic rings. The van der Waals surface area contributed by atoms with Crippen LogP contribution in [0.4, 0.5) is 5.69 Å². The largest absolute Gasteiger partial charge is 0.508 e. The fraction of sp³-hybridized carbons (Fsp3) is 0.386. The van der Waals surface area contributed by atoms with Crippen LogP contribution in [0.1, 0.15) is 74.1 Å². The number of carbonyl (C=O) groups excluding carboxylic acids is 1. The number of fused-ring (bicyclic) bond motifs is 7. The smallest absolute Gasteiger partial charge is 0.161 e. The highest BCUT2D eigenvalue weighted by molar-refractivity contribution is 5.88. The van der Waals surface area contributed by atoms with Crippen molar-refractivity contribution in [2.45, 2.75) is 89.4 Å². The lowest BCUT2D eigenvalue weighted by molar-refractivity contribution is -0.122. The number of nitrogens with one attached hydrogen (secondary N) is 1. The van der Waals surface area contributed by atoms with E-state index in [-0.39, 0.29) is 24.1 Å². The molecule has 6 bridgehead atoms. The molecule has 7 rings (SSSR count). The van der Waals surface area contributed by atoms with E-state index in [4.69, 9.17) is 14.2 Å². The molecule has 0 aromatic heterocycles. The Bertz CT molecular complexity index is 1920. The number of ketones is 1. The van der Waals surface area contributed by atoms with Gasteiger partial charge in [-0.05, 0) is 121 Å². The minimum absolute atomic E-state index is 0.126. The second kappa shape index (κ2) is 16.9. The molecule has 0 radical (unpaired) electrons. The highest BCUT2D eigenvalue weighted by atomic mass is 16.5. The number of allylic oxidation sites excluding steroid dienone is 1. The summed E-state index contributed by atoms with van der Waals surface area (Å²) in [6.07, 6.45) is 14.4. The van der Waals surface area contributed by atoms with E-state index in [0.717, 1.165) is 65.3 Å². The van der Waals surface area contributed by atoms with Crippen molar-refractivity contribution >= 4 is 22.2 Å². The Balaban J connectivity index is 1.16. The van der Waals surface area contributed by atoms with E-state index >= 15 is 0 Å². The third kappa shape index (κ3) is 9.65. The summed E-state index contributed by atoms with van der Waals surface area (Å²) in [5.74, 6) is 5.17. The average molecular weight is 688 g/mol. The van der Waals surface area contributed by atoms with Crippen molar-refractivity contribution in [3.05, 3.63) is 107 Å². The number of aryl methyl sites for hydroxylation is 2. The standard InChI is InChI=1S/C44H49NO6/c1-31(46)29-45-37-10-5-9-33(26-37)8-4-3-7-32-20-22-44(23-21-32)28-38(47)16-12-34-14-19-42(49-2)43(27-34)50-30-35-13-17-39-36(25-35)15-18-41(48)40(39)11-6-24-51-44/h5,9-10,13-15,17-20,22,25-27,31-32,45-46,48H,3-4,7-8,11-12,16,21,23,28-30H2,1-2H3. The molecule has 2 aliphatic heterocycles. The Labute approximate surface area is 301 Å². The average Bonchev–Trinajstić information content (AvgIpc) is 3.14. The van der Waals surface area contributed by atoms with Crippen LogP contribution in [0.5, 0.6) is 17.2 Å². The molecule has 0 fully saturated rings. The third-order valence-electron chi connectivity index (χ3n) is 10.0. The number of hydrogen-bond acceptors (Lipinski definition) is 7. The van der Waals surface area contributed by atoms with Crippen molar-refractivity contribution in [2.24, 2.45) is 5.92 Å². The van der Waals surface area contributed by atoms with Crippen LogP contribution in [0.2, 0.25) is 0 Å². The normalized spacial score (nSPS) is 19.7. The van der Waals surface area contributed by atoms with Gasteiger partial charge in [0.05, 0.1) is 19.6 Å². The van der Waals surface area contributed by atoms with E-state index in [0.29, 0.717) is 56.3 Å². The zero-order valence-electron chi connectivity index (χ0n) is 29.8. The van der Waals surface area contributed by atoms with Crippen LogP contribution in [0.3, 0.4) is 0 Å². The topological polar surface area (TPSA) is 97.2 Å². The summed E-state index contributed by atoms with van der Waals surface area (Å²) in [6, 6.07) is 24.0. The maximum absolute atomic E-state index is 13.5. The number of carbonyl (C=O) groups is 1. The number of hydrogen-bond donors (Lipinski definition) is 3. The fourth-order valence-electron chi connectivity index (χ4n) is 7.09. The molecule has 0 saturated heterocycles. The molecule has 7 heteroatoms. The Hall–Kier alpha value is -4.93. The number of rotatable bonds is 9. The highest BCUT2D eigenvalue weighted by Crippen LogP contribution is 2.36. The predicted octanol–water partition coefficient (Wildman–Crippen LogP) is 8.47. The summed E-state index contributed by atoms with van der Waals surface area (Å²) >= 11 is 0. The number of ether oxygens (including phenoxy) is 3. The predicted molar refractivity (Wildman–Crippen MR) is 202 cm³/mol. The van der Waals surface area contributed by atoms with Crippen LogP contribution in [0.15, 0.2) is 84.9 Å². The van der Waals surface area contributed by atoms with E-state index in [9.17, 15) is 15.0 Å². The molecule has 3 aliphatic rings. The number of aliphatic hydroxyl groups excluding tert-OH is 1. The van der Waals surface area contributed by atoms with Crippen LogP contribution >= 0.6 is 0 Å². The van der Waals surface area contributed by atoms with Gasteiger partial charge < -0.3 is 29.7 Å². The SMILES string of the molecule is COc1ccc2cc1OCc1ccc3c(c(O)ccc3c1)CC#COC1(C=CC(CCCCc3cccc(NCC(C)O)c3)CC1)CC(=O)CC2. The molecule has 2 heterocycles. The summed E-state index contributed by atoms with van der Waals surface area (Å²) in [5.41, 5.74) is 4.29. The molecule has 3 atom stereocenters. The molecule has 266 valence electrons. The summed E-state index contributed by atoms with van der Waals surface area (Å²) < 4.78 is 18.1. The maximum Gasteiger partial charge on any atom is 0.161 e. The molecule has 51 heavy (non-hydrogen) atoms. The van der Waals surface area contributed by atoms with Gasteiger partial charge in [-0.15, -0.1) is 0 Å². The molecule has 3 unspecified atom stereocenters. The van der Waals surface area contributed by atoms with Gasteiger partial charge in [0.15, 0.2) is 11.5 Å². The van der Waals surface area contributed by atoms with Crippen molar-refractivity contribution < 1.29 is 29.2 Å². The van der Waals surface area contributed by atoms with Gasteiger partial charge >= 0.3 is 0 Å². The minimum Gasteiger partial charge on any atom is -0.508 e. The van der Waals surface area contributed by atoms with Crippen LogP contribution in [0, 0.1) is 17.9 Å². The van der Waals surface area contributed by atoms with E-state index in [1.807, 2.05) is 42.5 Å². The van der Waals surface area contributed by atoms with Gasteiger partial charge in [0.1, 0.15) is 29.8 Å². The zero-order chi connectivity index (χ0) is 35.6. The lowest BCUT2D eigenvalue weighted by Crippen LogP contribution is -2.35. The monoisotopic (exact) mass is 687 g/mol. The Morgan fingerprint density at radius 1 is 1.04 bits per heavy atom. The van der Waals surface area contributed by atoms with Crippen LogP contribution < -0.4 is 14.8 Å². The van der Waals surface area contributed by atoms with Gasteiger partial charge in [0.25, 0.3) is 0 Å². The lowest BCUT2D eigenvalue weighted by atomic mass is 9.79. The number of phenols is 1. The first-order valence-electron chi connectivity index (χ1n) is 18.2. The molecule has 3 N–H and O–H groups in total. The maximum atomic E-state index is 13.5. The van der Waals surface area contributed by atoms with Gasteiger partial charge in [-0.1, -0.05) is 54.8 Å². The second-order valence-electron chi connectivity index (χ2n) is 14.1. The van der Waals surface area contributed by atoms with Gasteiger partial charge in [0, 0.05) is 30.6 Å². The van der Waals surface area contributed by atoms with E-state index in [1.54, 1.807) is 20.1 Å². The van der Waals surface area contributed by atoms with Crippen molar-refractivity contribution in [3.8, 4) is 29.3 Å². The molecule has 4 aromatic carbocycles. The zero-order valence-corrected chi connectivity index (χ0v) is 29.8. The Kier molecular flexibility index (Phi) is 11.9. The Morgan fingerprint density at radius 2 is 1.92 bits per heavy atom. The quantitative estimate of drug-likeness (QED) is 0.0923. The fourth-order valence-corrected chi connectivity index (χ4v) is 7.09. The highest BCUT2D eigenvalue weighted by Gasteiger charge is 2.35. The summed E-state index contributed by atoms with van der Waals surface area (Å²) in [4.78, 5) is 13.5. The molecule has 1 spiro atoms. The number of methoxy groups -OCH3 is 1. The van der Waals surface area contributed by atoms with Crippen LogP contribution in [0.25, 0.3) is 10.8 Å². The van der Waals surface area contributed by atoms with Crippen molar-refractivity contribution in [2.75, 3.05) is 19.0 Å². The molecular formula is C44H49NO6. The molecule has 0 amide bonds. The Morgan fingerprint density at radius 3 is 2.75 bits per heavy atom. The molecule has 0 saturated carbocycles. The first-order chi connectivity index (χ1) is 24.8. The van der Waals surface area contributed by atoms with Crippen molar-refractivity contribution in [3.63, 3.8) is 0 Å². The minimum atomic E-state index is -0.785. The number of phenolic OH excluding ortho intramolecular Hbond substituents is 1. The van der Waals surface area contributed by atoms with Gasteiger partial charge in [-0.25, -0.2) is 0 Å². The van der Waals surface area contributed by atoms with E-state index in [2.05, 4.69) is 53.8 Å². The van der Waals surface area contributed by atoms with Crippen molar-refractivity contribution in [1.82, 2.24) is 0 Å². The molecular weight excluding hydrogens is 638 g/mol. The summed E-state index contributed by atoms with van der Waals surface area (Å²) in [7, 11) is 1.63. The summed E-state index contributed by atoms with van der Waals surface area (Å²) in [5, 5.41) is 25.5. The number of anilines is 1. The van der Waals surface area contributed by atoms with Crippen LogP contribution in [-0.2, 0) is 35.4 Å². The third-order valence-corrected chi connectivity index (χ3v) is 10.0. The molecule has 1 aliphatic carbocycles. The lowest BCUT2D eigenvalue weighted by Gasteiger charge is -2.33.